The molecule has 19 heavy (non-hydrogen) atoms. The standard InChI is InChI=1S/C11H13ClN4O3/c1-5(17)13-3-7(18)10(19)6-2-14-9-8(6)15-4-16-11(9)12/h2,4,7,10,14,18-19H,3H2,1H3,(H,13,17). The van der Waals surface area contributed by atoms with E-state index in [4.69, 9.17) is 11.6 Å². The maximum absolute atomic E-state index is 10.8. The van der Waals surface area contributed by atoms with Gasteiger partial charge in [-0.25, -0.2) is 9.97 Å². The van der Waals surface area contributed by atoms with Crippen LogP contribution in [-0.2, 0) is 4.79 Å². The third kappa shape index (κ3) is 2.83. The molecule has 8 heteroatoms. The number of hydrogen-bond acceptors (Lipinski definition) is 5. The van der Waals surface area contributed by atoms with Crippen LogP contribution in [0.1, 0.15) is 18.6 Å². The quantitative estimate of drug-likeness (QED) is 0.597. The van der Waals surface area contributed by atoms with Gasteiger partial charge in [-0.2, -0.15) is 0 Å². The van der Waals surface area contributed by atoms with Gasteiger partial charge in [0.25, 0.3) is 0 Å². The molecule has 2 heterocycles. The molecule has 0 spiro atoms. The van der Waals surface area contributed by atoms with E-state index in [1.54, 1.807) is 0 Å². The molecule has 2 aromatic heterocycles. The molecule has 2 rings (SSSR count). The minimum atomic E-state index is -1.19. The Balaban J connectivity index is 2.24. The highest BCUT2D eigenvalue weighted by Crippen LogP contribution is 2.27. The maximum Gasteiger partial charge on any atom is 0.216 e. The van der Waals surface area contributed by atoms with E-state index >= 15 is 0 Å². The number of hydrogen-bond donors (Lipinski definition) is 4. The van der Waals surface area contributed by atoms with Crippen molar-refractivity contribution in [3.63, 3.8) is 0 Å². The van der Waals surface area contributed by atoms with Crippen LogP contribution in [0.25, 0.3) is 11.0 Å². The van der Waals surface area contributed by atoms with Crippen molar-refractivity contribution in [2.24, 2.45) is 0 Å². The molecule has 0 fully saturated rings. The van der Waals surface area contributed by atoms with Crippen LogP contribution in [0.5, 0.6) is 0 Å². The molecule has 0 aliphatic heterocycles. The summed E-state index contributed by atoms with van der Waals surface area (Å²) in [6.45, 7) is 1.28. The van der Waals surface area contributed by atoms with Crippen molar-refractivity contribution in [2.45, 2.75) is 19.1 Å². The number of carbonyl (C=O) groups excluding carboxylic acids is 1. The highest BCUT2D eigenvalue weighted by molar-refractivity contribution is 6.33. The van der Waals surface area contributed by atoms with Crippen LogP contribution in [0.2, 0.25) is 5.15 Å². The second-order valence-corrected chi connectivity index (χ2v) is 4.44. The highest BCUT2D eigenvalue weighted by atomic mass is 35.5. The Hall–Kier alpha value is -1.70. The Labute approximate surface area is 113 Å². The van der Waals surface area contributed by atoms with Gasteiger partial charge in [0.05, 0.1) is 5.52 Å². The molecule has 0 bridgehead atoms. The minimum Gasteiger partial charge on any atom is -0.388 e. The van der Waals surface area contributed by atoms with Gasteiger partial charge >= 0.3 is 0 Å². The van der Waals surface area contributed by atoms with Crippen molar-refractivity contribution in [1.82, 2.24) is 20.3 Å². The molecule has 0 saturated carbocycles. The first-order valence-corrected chi connectivity index (χ1v) is 5.96. The molecule has 0 saturated heterocycles. The molecule has 4 N–H and O–H groups in total. The van der Waals surface area contributed by atoms with Crippen LogP contribution >= 0.6 is 11.6 Å². The number of nitrogens with one attached hydrogen (secondary N) is 2. The number of halogens is 1. The molecule has 102 valence electrons. The lowest BCUT2D eigenvalue weighted by Gasteiger charge is -2.17. The second-order valence-electron chi connectivity index (χ2n) is 4.08. The smallest absolute Gasteiger partial charge is 0.216 e. The van der Waals surface area contributed by atoms with Crippen molar-refractivity contribution in [3.8, 4) is 0 Å². The van der Waals surface area contributed by atoms with Crippen LogP contribution in [0, 0.1) is 0 Å². The molecule has 1 amide bonds. The van der Waals surface area contributed by atoms with Gasteiger partial charge < -0.3 is 20.5 Å². The van der Waals surface area contributed by atoms with Crippen LogP contribution in [0.4, 0.5) is 0 Å². The average Bonchev–Trinajstić information content (AvgIpc) is 2.80. The van der Waals surface area contributed by atoms with Crippen molar-refractivity contribution in [2.75, 3.05) is 6.54 Å². The zero-order valence-electron chi connectivity index (χ0n) is 10.1. The van der Waals surface area contributed by atoms with E-state index in [1.165, 1.54) is 19.4 Å². The summed E-state index contributed by atoms with van der Waals surface area (Å²) in [6, 6.07) is 0. The third-order valence-electron chi connectivity index (χ3n) is 2.69. The Kier molecular flexibility index (Phi) is 3.98. The van der Waals surface area contributed by atoms with Gasteiger partial charge in [0.15, 0.2) is 5.15 Å². The number of aliphatic hydroxyl groups excluding tert-OH is 2. The van der Waals surface area contributed by atoms with Gasteiger partial charge in [-0.15, -0.1) is 0 Å². The van der Waals surface area contributed by atoms with E-state index in [9.17, 15) is 15.0 Å². The van der Waals surface area contributed by atoms with E-state index in [2.05, 4.69) is 20.3 Å². The summed E-state index contributed by atoms with van der Waals surface area (Å²) < 4.78 is 0. The lowest BCUT2D eigenvalue weighted by Crippen LogP contribution is -2.34. The van der Waals surface area contributed by atoms with Gasteiger partial charge in [0, 0.05) is 25.2 Å². The number of carbonyl (C=O) groups is 1. The summed E-state index contributed by atoms with van der Waals surface area (Å²) in [5, 5.41) is 22.5. The van der Waals surface area contributed by atoms with Crippen LogP contribution < -0.4 is 5.32 Å². The SMILES string of the molecule is CC(=O)NCC(O)C(O)c1c[nH]c2c(Cl)ncnc12. The van der Waals surface area contributed by atoms with E-state index in [-0.39, 0.29) is 17.6 Å². The summed E-state index contributed by atoms with van der Waals surface area (Å²) in [5.74, 6) is -0.282. The highest BCUT2D eigenvalue weighted by Gasteiger charge is 2.23. The zero-order valence-corrected chi connectivity index (χ0v) is 10.8. The minimum absolute atomic E-state index is 0.0536. The largest absolute Gasteiger partial charge is 0.388 e. The number of nitrogens with zero attached hydrogens (tertiary/aromatic N) is 2. The van der Waals surface area contributed by atoms with Crippen LogP contribution in [-0.4, -0.2) is 43.7 Å². The molecule has 2 atom stereocenters. The third-order valence-corrected chi connectivity index (χ3v) is 2.98. The molecule has 2 aromatic rings. The summed E-state index contributed by atoms with van der Waals surface area (Å²) in [4.78, 5) is 21.4. The van der Waals surface area contributed by atoms with Crippen molar-refractivity contribution < 1.29 is 15.0 Å². The molecular formula is C11H13ClN4O3. The van der Waals surface area contributed by atoms with E-state index in [1.807, 2.05) is 0 Å². The van der Waals surface area contributed by atoms with Gasteiger partial charge in [-0.3, -0.25) is 4.79 Å². The fourth-order valence-corrected chi connectivity index (χ4v) is 1.91. The molecule has 0 aromatic carbocycles. The van der Waals surface area contributed by atoms with Crippen LogP contribution in [0.15, 0.2) is 12.5 Å². The first kappa shape index (κ1) is 13.7. The summed E-state index contributed by atoms with van der Waals surface area (Å²) in [5.41, 5.74) is 1.33. The zero-order chi connectivity index (χ0) is 14.0. The lowest BCUT2D eigenvalue weighted by molar-refractivity contribution is -0.119. The van der Waals surface area contributed by atoms with E-state index in [0.29, 0.717) is 16.6 Å². The molecule has 0 radical (unpaired) electrons. The van der Waals surface area contributed by atoms with Gasteiger partial charge in [0.1, 0.15) is 24.1 Å². The van der Waals surface area contributed by atoms with Crippen molar-refractivity contribution in [1.29, 1.82) is 0 Å². The maximum atomic E-state index is 10.8. The van der Waals surface area contributed by atoms with Crippen molar-refractivity contribution >= 4 is 28.5 Å². The topological polar surface area (TPSA) is 111 Å². The van der Waals surface area contributed by atoms with Gasteiger partial charge in [0.2, 0.25) is 5.91 Å². The Morgan fingerprint density at radius 1 is 1.53 bits per heavy atom. The molecule has 0 aliphatic rings. The number of rotatable bonds is 4. The number of aromatic amines is 1. The Morgan fingerprint density at radius 3 is 2.95 bits per heavy atom. The molecular weight excluding hydrogens is 272 g/mol. The predicted octanol–water partition coefficient (Wildman–Crippen LogP) is 0.142. The Bertz CT molecular complexity index is 601. The van der Waals surface area contributed by atoms with E-state index < -0.39 is 12.2 Å². The van der Waals surface area contributed by atoms with E-state index in [0.717, 1.165) is 0 Å². The van der Waals surface area contributed by atoms with Gasteiger partial charge in [-0.05, 0) is 0 Å². The molecule has 0 aliphatic carbocycles. The van der Waals surface area contributed by atoms with Crippen LogP contribution in [0.3, 0.4) is 0 Å². The summed E-state index contributed by atoms with van der Waals surface area (Å²) in [6.07, 6.45) is 0.449. The Morgan fingerprint density at radius 2 is 2.26 bits per heavy atom. The number of amides is 1. The van der Waals surface area contributed by atoms with Gasteiger partial charge in [-0.1, -0.05) is 11.6 Å². The number of aromatic nitrogens is 3. The molecule has 2 unspecified atom stereocenters. The number of H-pyrrole nitrogens is 1. The normalized spacial score (nSPS) is 14.3. The lowest BCUT2D eigenvalue weighted by atomic mass is 10.1. The summed E-state index contributed by atoms with van der Waals surface area (Å²) in [7, 11) is 0. The fourth-order valence-electron chi connectivity index (χ4n) is 1.72. The fraction of sp³-hybridized carbons (Fsp3) is 0.364. The number of aliphatic hydroxyl groups is 2. The van der Waals surface area contributed by atoms with Crippen molar-refractivity contribution in [3.05, 3.63) is 23.2 Å². The molecule has 7 nitrogen and oxygen atoms in total. The first-order valence-electron chi connectivity index (χ1n) is 5.58. The predicted molar refractivity (Wildman–Crippen MR) is 68.5 cm³/mol. The second kappa shape index (κ2) is 5.52. The summed E-state index contributed by atoms with van der Waals surface area (Å²) >= 11 is 5.87. The average molecular weight is 285 g/mol. The monoisotopic (exact) mass is 284 g/mol. The first-order chi connectivity index (χ1) is 9.00. The number of fused-ring (bicyclic) bond motifs is 1.